The smallest absolute Gasteiger partial charge is 0.226 e. The number of amides is 1. The number of carbonyl (C=O) groups is 1. The third kappa shape index (κ3) is 3.41. The average Bonchev–Trinajstić information content (AvgIpc) is 3.04. The Labute approximate surface area is 178 Å². The van der Waals surface area contributed by atoms with Crippen molar-refractivity contribution in [3.05, 3.63) is 59.4 Å². The van der Waals surface area contributed by atoms with E-state index < -0.39 is 11.6 Å². The molecular weight excluding hydrogens is 405 g/mol. The first-order valence-corrected chi connectivity index (χ1v) is 10.5. The summed E-state index contributed by atoms with van der Waals surface area (Å²) in [6, 6.07) is 8.24. The van der Waals surface area contributed by atoms with E-state index in [1.165, 1.54) is 18.2 Å². The summed E-state index contributed by atoms with van der Waals surface area (Å²) in [4.78, 5) is 17.8. The van der Waals surface area contributed by atoms with Crippen molar-refractivity contribution in [2.75, 3.05) is 20.3 Å². The van der Waals surface area contributed by atoms with Crippen LogP contribution in [0.5, 0.6) is 0 Å². The molecule has 1 N–H and O–H groups in total. The first-order valence-electron chi connectivity index (χ1n) is 10.5. The molecule has 4 nitrogen and oxygen atoms in total. The standard InChI is InChI=1S/C24H23F3N2O2/c1-31-12-18-6-7-29(18)24(30)15-8-14(9-15)21-19-10-17(26)11-20(27)23(19)28-22(21)13-2-4-16(25)5-3-13/h2-5,10-11,14-15,18,28H,6-9,12H2,1H3/t14?,15?,18-/m0/s1. The predicted octanol–water partition coefficient (Wildman–Crippen LogP) is 4.99. The summed E-state index contributed by atoms with van der Waals surface area (Å²) in [5, 5.41) is 0.480. The van der Waals surface area contributed by atoms with Crippen LogP contribution in [0.25, 0.3) is 22.2 Å². The SMILES string of the molecule is COC[C@@H]1CCN1C(=O)C1CC(c2c(-c3ccc(F)cc3)[nH]c3c(F)cc(F)cc23)C1. The Kier molecular flexibility index (Phi) is 5.01. The zero-order chi connectivity index (χ0) is 21.7. The molecule has 1 atom stereocenters. The molecule has 3 aromatic rings. The van der Waals surface area contributed by atoms with E-state index in [-0.39, 0.29) is 35.1 Å². The number of nitrogens with one attached hydrogen (secondary N) is 1. The quantitative estimate of drug-likeness (QED) is 0.622. The van der Waals surface area contributed by atoms with E-state index in [1.54, 1.807) is 19.2 Å². The van der Waals surface area contributed by atoms with Gasteiger partial charge in [0.1, 0.15) is 17.5 Å². The van der Waals surface area contributed by atoms with E-state index in [2.05, 4.69) is 4.98 Å². The molecule has 0 unspecified atom stereocenters. The summed E-state index contributed by atoms with van der Waals surface area (Å²) in [5.74, 6) is -1.66. The van der Waals surface area contributed by atoms with Crippen molar-refractivity contribution in [1.29, 1.82) is 0 Å². The minimum Gasteiger partial charge on any atom is -0.383 e. The lowest BCUT2D eigenvalue weighted by atomic mass is 9.69. The second-order valence-electron chi connectivity index (χ2n) is 8.53. The van der Waals surface area contributed by atoms with Gasteiger partial charge in [-0.25, -0.2) is 13.2 Å². The number of rotatable bonds is 5. The van der Waals surface area contributed by atoms with Crippen LogP contribution >= 0.6 is 0 Å². The van der Waals surface area contributed by atoms with Gasteiger partial charge in [0.15, 0.2) is 0 Å². The van der Waals surface area contributed by atoms with E-state index in [1.807, 2.05) is 4.90 Å². The lowest BCUT2D eigenvalue weighted by Crippen LogP contribution is -2.56. The minimum atomic E-state index is -0.667. The van der Waals surface area contributed by atoms with Gasteiger partial charge in [-0.3, -0.25) is 4.79 Å². The molecule has 162 valence electrons. The normalized spacial score (nSPS) is 23.0. The Balaban J connectivity index is 1.46. The maximum Gasteiger partial charge on any atom is 0.226 e. The summed E-state index contributed by atoms with van der Waals surface area (Å²) >= 11 is 0. The lowest BCUT2D eigenvalue weighted by molar-refractivity contribution is -0.148. The van der Waals surface area contributed by atoms with Gasteiger partial charge in [0.05, 0.1) is 23.9 Å². The van der Waals surface area contributed by atoms with Crippen LogP contribution in [-0.4, -0.2) is 42.1 Å². The topological polar surface area (TPSA) is 45.3 Å². The highest BCUT2D eigenvalue weighted by Gasteiger charge is 2.43. The number of ether oxygens (including phenoxy) is 1. The molecule has 2 aromatic carbocycles. The average molecular weight is 428 g/mol. The Bertz CT molecular complexity index is 1140. The van der Waals surface area contributed by atoms with Crippen molar-refractivity contribution in [3.63, 3.8) is 0 Å². The largest absolute Gasteiger partial charge is 0.383 e. The fraction of sp³-hybridized carbons (Fsp3) is 0.375. The maximum atomic E-state index is 14.5. The Morgan fingerprint density at radius 2 is 1.87 bits per heavy atom. The van der Waals surface area contributed by atoms with E-state index in [0.29, 0.717) is 36.1 Å². The van der Waals surface area contributed by atoms with Crippen LogP contribution in [-0.2, 0) is 9.53 Å². The van der Waals surface area contributed by atoms with Crippen LogP contribution in [0.1, 0.15) is 30.7 Å². The molecule has 1 aromatic heterocycles. The molecule has 2 aliphatic rings. The summed E-state index contributed by atoms with van der Waals surface area (Å²) in [6.07, 6.45) is 2.19. The fourth-order valence-electron chi connectivity index (χ4n) is 4.89. The Morgan fingerprint density at radius 3 is 2.52 bits per heavy atom. The number of hydrogen-bond acceptors (Lipinski definition) is 2. The number of carbonyl (C=O) groups excluding carboxylic acids is 1. The van der Waals surface area contributed by atoms with Gasteiger partial charge in [-0.15, -0.1) is 0 Å². The number of benzene rings is 2. The van der Waals surface area contributed by atoms with Gasteiger partial charge in [-0.05, 0) is 66.6 Å². The highest BCUT2D eigenvalue weighted by atomic mass is 19.1. The number of hydrogen-bond donors (Lipinski definition) is 1. The molecule has 1 saturated carbocycles. The van der Waals surface area contributed by atoms with Crippen LogP contribution in [0.3, 0.4) is 0 Å². The Hall–Kier alpha value is -2.80. The summed E-state index contributed by atoms with van der Waals surface area (Å²) in [6.45, 7) is 1.29. The van der Waals surface area contributed by atoms with Gasteiger partial charge in [-0.1, -0.05) is 0 Å². The van der Waals surface area contributed by atoms with Crippen LogP contribution < -0.4 is 0 Å². The number of likely N-dealkylation sites (tertiary alicyclic amines) is 1. The Morgan fingerprint density at radius 1 is 1.13 bits per heavy atom. The van der Waals surface area contributed by atoms with Gasteiger partial charge in [0, 0.05) is 31.0 Å². The molecule has 0 bridgehead atoms. The summed E-state index contributed by atoms with van der Waals surface area (Å²) in [7, 11) is 1.63. The van der Waals surface area contributed by atoms with E-state index in [4.69, 9.17) is 4.74 Å². The third-order valence-corrected chi connectivity index (χ3v) is 6.68. The second-order valence-corrected chi connectivity index (χ2v) is 8.53. The molecule has 31 heavy (non-hydrogen) atoms. The molecule has 1 aliphatic heterocycles. The van der Waals surface area contributed by atoms with E-state index in [0.717, 1.165) is 24.6 Å². The second kappa shape index (κ2) is 7.71. The zero-order valence-corrected chi connectivity index (χ0v) is 17.1. The van der Waals surface area contributed by atoms with Gasteiger partial charge in [0.2, 0.25) is 5.91 Å². The molecule has 2 heterocycles. The van der Waals surface area contributed by atoms with Crippen molar-refractivity contribution in [2.24, 2.45) is 5.92 Å². The molecule has 2 fully saturated rings. The van der Waals surface area contributed by atoms with Crippen molar-refractivity contribution < 1.29 is 22.7 Å². The molecule has 1 amide bonds. The van der Waals surface area contributed by atoms with Gasteiger partial charge >= 0.3 is 0 Å². The molecule has 5 rings (SSSR count). The van der Waals surface area contributed by atoms with Crippen molar-refractivity contribution in [2.45, 2.75) is 31.2 Å². The highest BCUT2D eigenvalue weighted by Crippen LogP contribution is 2.49. The number of nitrogens with zero attached hydrogens (tertiary/aromatic N) is 1. The number of fused-ring (bicyclic) bond motifs is 1. The molecule has 7 heteroatoms. The number of aromatic nitrogens is 1. The van der Waals surface area contributed by atoms with Gasteiger partial charge in [-0.2, -0.15) is 0 Å². The van der Waals surface area contributed by atoms with Gasteiger partial charge < -0.3 is 14.6 Å². The number of methoxy groups -OCH3 is 1. The first kappa shape index (κ1) is 20.1. The maximum absolute atomic E-state index is 14.5. The van der Waals surface area contributed by atoms with E-state index >= 15 is 0 Å². The van der Waals surface area contributed by atoms with Crippen molar-refractivity contribution >= 4 is 16.8 Å². The van der Waals surface area contributed by atoms with Crippen LogP contribution in [0.2, 0.25) is 0 Å². The third-order valence-electron chi connectivity index (χ3n) is 6.68. The molecular formula is C24H23F3N2O2. The summed E-state index contributed by atoms with van der Waals surface area (Å²) in [5.41, 5.74) is 2.37. The van der Waals surface area contributed by atoms with Crippen molar-refractivity contribution in [3.8, 4) is 11.3 Å². The first-order chi connectivity index (χ1) is 15.0. The molecule has 0 radical (unpaired) electrons. The molecule has 1 saturated heterocycles. The van der Waals surface area contributed by atoms with E-state index in [9.17, 15) is 18.0 Å². The fourth-order valence-corrected chi connectivity index (χ4v) is 4.89. The number of aromatic amines is 1. The predicted molar refractivity (Wildman–Crippen MR) is 111 cm³/mol. The zero-order valence-electron chi connectivity index (χ0n) is 17.1. The van der Waals surface area contributed by atoms with Gasteiger partial charge in [0.25, 0.3) is 0 Å². The number of halogens is 3. The summed E-state index contributed by atoms with van der Waals surface area (Å²) < 4.78 is 47.1. The molecule has 1 aliphatic carbocycles. The lowest BCUT2D eigenvalue weighted by Gasteiger charge is -2.46. The highest BCUT2D eigenvalue weighted by molar-refractivity contribution is 5.92. The van der Waals surface area contributed by atoms with Crippen LogP contribution in [0, 0.1) is 23.4 Å². The van der Waals surface area contributed by atoms with Crippen molar-refractivity contribution in [1.82, 2.24) is 9.88 Å². The number of H-pyrrole nitrogens is 1. The minimum absolute atomic E-state index is 0.00824. The van der Waals surface area contributed by atoms with Crippen LogP contribution in [0.15, 0.2) is 36.4 Å². The van der Waals surface area contributed by atoms with Crippen LogP contribution in [0.4, 0.5) is 13.2 Å². The monoisotopic (exact) mass is 428 g/mol. The molecule has 0 spiro atoms.